The third-order valence-corrected chi connectivity index (χ3v) is 2.53. The Kier molecular flexibility index (Phi) is 2.66. The van der Waals surface area contributed by atoms with Crippen LogP contribution < -0.4 is 0 Å². The van der Waals surface area contributed by atoms with Crippen molar-refractivity contribution in [3.05, 3.63) is 0 Å². The van der Waals surface area contributed by atoms with Gasteiger partial charge < -0.3 is 9.47 Å². The predicted molar refractivity (Wildman–Crippen MR) is 46.8 cm³/mol. The van der Waals surface area contributed by atoms with E-state index < -0.39 is 0 Å². The minimum atomic E-state index is 0.0196. The highest BCUT2D eigenvalue weighted by Gasteiger charge is 2.24. The van der Waals surface area contributed by atoms with E-state index in [1.807, 2.05) is 6.92 Å². The lowest BCUT2D eigenvalue weighted by Crippen LogP contribution is -2.15. The van der Waals surface area contributed by atoms with Gasteiger partial charge in [0, 0.05) is 0 Å². The molecule has 0 aliphatic heterocycles. The third kappa shape index (κ3) is 3.11. The summed E-state index contributed by atoms with van der Waals surface area (Å²) in [6, 6.07) is 0. The average molecular weight is 170 g/mol. The van der Waals surface area contributed by atoms with Gasteiger partial charge in [-0.05, 0) is 44.4 Å². The van der Waals surface area contributed by atoms with E-state index in [9.17, 15) is 0 Å². The van der Waals surface area contributed by atoms with Gasteiger partial charge >= 0.3 is 0 Å². The Morgan fingerprint density at radius 2 is 1.42 bits per heavy atom. The molecule has 0 spiro atoms. The number of ether oxygens (including phenoxy) is 2. The van der Waals surface area contributed by atoms with Crippen molar-refractivity contribution in [3.8, 4) is 0 Å². The fourth-order valence-corrected chi connectivity index (χ4v) is 1.16. The van der Waals surface area contributed by atoms with E-state index in [1.54, 1.807) is 0 Å². The van der Waals surface area contributed by atoms with Gasteiger partial charge in [0.2, 0.25) is 0 Å². The van der Waals surface area contributed by atoms with Crippen LogP contribution in [0.5, 0.6) is 0 Å². The van der Waals surface area contributed by atoms with Gasteiger partial charge in [0.25, 0.3) is 0 Å². The van der Waals surface area contributed by atoms with E-state index in [4.69, 9.17) is 9.47 Å². The largest absolute Gasteiger partial charge is 0.353 e. The van der Waals surface area contributed by atoms with Gasteiger partial charge in [-0.3, -0.25) is 0 Å². The van der Waals surface area contributed by atoms with E-state index in [0.29, 0.717) is 0 Å². The number of rotatable bonds is 6. The highest BCUT2D eigenvalue weighted by Crippen LogP contribution is 2.30. The highest BCUT2D eigenvalue weighted by atomic mass is 16.7. The van der Waals surface area contributed by atoms with E-state index in [2.05, 4.69) is 0 Å². The van der Waals surface area contributed by atoms with Gasteiger partial charge in [-0.15, -0.1) is 0 Å². The molecule has 70 valence electrons. The zero-order valence-electron chi connectivity index (χ0n) is 7.79. The molecular weight excluding hydrogens is 152 g/mol. The lowest BCUT2D eigenvalue weighted by atomic mass is 10.4. The van der Waals surface area contributed by atoms with Crippen molar-refractivity contribution >= 4 is 0 Å². The molecule has 0 radical (unpaired) electrons. The van der Waals surface area contributed by atoms with Crippen molar-refractivity contribution in [1.29, 1.82) is 0 Å². The molecule has 0 unspecified atom stereocenters. The Bertz CT molecular complexity index is 123. The van der Waals surface area contributed by atoms with E-state index >= 15 is 0 Å². The van der Waals surface area contributed by atoms with Crippen molar-refractivity contribution in [2.45, 2.75) is 38.9 Å². The van der Waals surface area contributed by atoms with Crippen LogP contribution in [-0.4, -0.2) is 19.5 Å². The Morgan fingerprint density at radius 3 is 1.75 bits per heavy atom. The average Bonchev–Trinajstić information content (AvgIpc) is 2.89. The molecule has 0 aromatic carbocycles. The molecule has 0 aromatic heterocycles. The Morgan fingerprint density at radius 1 is 1.00 bits per heavy atom. The van der Waals surface area contributed by atoms with Crippen LogP contribution in [0.2, 0.25) is 0 Å². The van der Waals surface area contributed by atoms with Gasteiger partial charge in [-0.2, -0.15) is 0 Å². The summed E-state index contributed by atoms with van der Waals surface area (Å²) < 4.78 is 11.0. The van der Waals surface area contributed by atoms with Crippen LogP contribution in [0.4, 0.5) is 0 Å². The first-order valence-corrected chi connectivity index (χ1v) is 5.08. The minimum absolute atomic E-state index is 0.0196. The van der Waals surface area contributed by atoms with Crippen molar-refractivity contribution in [3.63, 3.8) is 0 Å². The summed E-state index contributed by atoms with van der Waals surface area (Å²) in [4.78, 5) is 0. The molecule has 2 nitrogen and oxygen atoms in total. The van der Waals surface area contributed by atoms with Crippen LogP contribution in [0, 0.1) is 11.8 Å². The molecule has 2 saturated carbocycles. The maximum atomic E-state index is 5.52. The van der Waals surface area contributed by atoms with Crippen LogP contribution in [-0.2, 0) is 9.47 Å². The monoisotopic (exact) mass is 170 g/mol. The van der Waals surface area contributed by atoms with Crippen molar-refractivity contribution < 1.29 is 9.47 Å². The van der Waals surface area contributed by atoms with Crippen molar-refractivity contribution in [2.24, 2.45) is 11.8 Å². The molecular formula is C10H18O2. The van der Waals surface area contributed by atoms with Gasteiger partial charge in [-0.1, -0.05) is 0 Å². The standard InChI is InChI=1S/C10H18O2/c1-8(11-6-9-2-3-9)12-7-10-4-5-10/h8-10H,2-7H2,1H3. The highest BCUT2D eigenvalue weighted by molar-refractivity contribution is 4.73. The lowest BCUT2D eigenvalue weighted by molar-refractivity contribution is -0.135. The fourth-order valence-electron chi connectivity index (χ4n) is 1.16. The number of hydrogen-bond acceptors (Lipinski definition) is 2. The van der Waals surface area contributed by atoms with Gasteiger partial charge in [0.05, 0.1) is 13.2 Å². The summed E-state index contributed by atoms with van der Waals surface area (Å²) in [5.74, 6) is 1.69. The normalized spacial score (nSPS) is 23.5. The summed E-state index contributed by atoms with van der Waals surface area (Å²) in [6.07, 6.45) is 5.45. The van der Waals surface area contributed by atoms with Crippen LogP contribution in [0.3, 0.4) is 0 Å². The molecule has 2 rings (SSSR count). The molecule has 2 aliphatic carbocycles. The Balaban J connectivity index is 1.47. The van der Waals surface area contributed by atoms with Gasteiger partial charge in [0.1, 0.15) is 0 Å². The van der Waals surface area contributed by atoms with Crippen LogP contribution in [0.15, 0.2) is 0 Å². The molecule has 0 bridgehead atoms. The van der Waals surface area contributed by atoms with Gasteiger partial charge in [-0.25, -0.2) is 0 Å². The van der Waals surface area contributed by atoms with Crippen LogP contribution in [0.25, 0.3) is 0 Å². The minimum Gasteiger partial charge on any atom is -0.353 e. The quantitative estimate of drug-likeness (QED) is 0.569. The van der Waals surface area contributed by atoms with Crippen LogP contribution >= 0.6 is 0 Å². The first kappa shape index (κ1) is 8.52. The maximum absolute atomic E-state index is 5.52. The van der Waals surface area contributed by atoms with E-state index in [-0.39, 0.29) is 6.29 Å². The fraction of sp³-hybridized carbons (Fsp3) is 1.00. The molecule has 0 heterocycles. The summed E-state index contributed by atoms with van der Waals surface area (Å²) in [5, 5.41) is 0. The second kappa shape index (κ2) is 3.75. The molecule has 0 saturated heterocycles. The molecule has 2 heteroatoms. The lowest BCUT2D eigenvalue weighted by Gasteiger charge is -2.13. The van der Waals surface area contributed by atoms with Gasteiger partial charge in [0.15, 0.2) is 6.29 Å². The van der Waals surface area contributed by atoms with E-state index in [1.165, 1.54) is 25.7 Å². The summed E-state index contributed by atoms with van der Waals surface area (Å²) in [5.41, 5.74) is 0. The predicted octanol–water partition coefficient (Wildman–Crippen LogP) is 2.19. The SMILES string of the molecule is CC(OCC1CC1)OCC1CC1. The Hall–Kier alpha value is -0.0800. The Labute approximate surface area is 74.2 Å². The van der Waals surface area contributed by atoms with Crippen LogP contribution in [0.1, 0.15) is 32.6 Å². The zero-order chi connectivity index (χ0) is 8.39. The molecule has 2 aliphatic rings. The smallest absolute Gasteiger partial charge is 0.154 e. The second-order valence-electron chi connectivity index (χ2n) is 4.12. The zero-order valence-corrected chi connectivity index (χ0v) is 7.79. The summed E-state index contributed by atoms with van der Waals surface area (Å²) in [7, 11) is 0. The first-order valence-electron chi connectivity index (χ1n) is 5.08. The molecule has 0 N–H and O–H groups in total. The van der Waals surface area contributed by atoms with E-state index in [0.717, 1.165) is 25.0 Å². The van der Waals surface area contributed by atoms with Crippen molar-refractivity contribution in [2.75, 3.05) is 13.2 Å². The topological polar surface area (TPSA) is 18.5 Å². The van der Waals surface area contributed by atoms with Crippen molar-refractivity contribution in [1.82, 2.24) is 0 Å². The second-order valence-corrected chi connectivity index (χ2v) is 4.12. The number of hydrogen-bond donors (Lipinski definition) is 0. The molecule has 2 fully saturated rings. The maximum Gasteiger partial charge on any atom is 0.154 e. The molecule has 0 amide bonds. The molecule has 12 heavy (non-hydrogen) atoms. The first-order chi connectivity index (χ1) is 5.84. The summed E-state index contributed by atoms with van der Waals surface area (Å²) in [6.45, 7) is 3.82. The summed E-state index contributed by atoms with van der Waals surface area (Å²) >= 11 is 0. The molecule has 0 atom stereocenters. The molecule has 0 aromatic rings. The third-order valence-electron chi connectivity index (χ3n) is 2.53.